The van der Waals surface area contributed by atoms with Gasteiger partial charge in [-0.2, -0.15) is 5.10 Å². The smallest absolute Gasteiger partial charge is 0.415 e. The average Bonchev–Trinajstić information content (AvgIpc) is 3.55. The summed E-state index contributed by atoms with van der Waals surface area (Å²) >= 11 is 0. The fourth-order valence-corrected chi connectivity index (χ4v) is 4.74. The van der Waals surface area contributed by atoms with Crippen LogP contribution in [-0.4, -0.2) is 67.7 Å². The van der Waals surface area contributed by atoms with E-state index >= 15 is 0 Å². The number of piperidine rings is 1. The summed E-state index contributed by atoms with van der Waals surface area (Å²) in [7, 11) is 0. The second kappa shape index (κ2) is 9.03. The van der Waals surface area contributed by atoms with Gasteiger partial charge >= 0.3 is 6.09 Å². The van der Waals surface area contributed by atoms with E-state index < -0.39 is 6.09 Å². The Morgan fingerprint density at radius 3 is 2.53 bits per heavy atom. The Kier molecular flexibility index (Phi) is 5.55. The first kappa shape index (κ1) is 22.1. The maximum absolute atomic E-state index is 13.2. The van der Waals surface area contributed by atoms with E-state index in [1.165, 1.54) is 4.90 Å². The summed E-state index contributed by atoms with van der Waals surface area (Å²) in [6, 6.07) is 9.52. The van der Waals surface area contributed by atoms with Crippen molar-refractivity contribution in [2.24, 2.45) is 0 Å². The summed E-state index contributed by atoms with van der Waals surface area (Å²) in [6.07, 6.45) is 7.85. The third-order valence-electron chi connectivity index (χ3n) is 6.64. The zero-order valence-electron chi connectivity index (χ0n) is 19.9. The van der Waals surface area contributed by atoms with Crippen LogP contribution in [0.2, 0.25) is 0 Å². The lowest BCUT2D eigenvalue weighted by molar-refractivity contribution is 0.0726. The monoisotopic (exact) mass is 483 g/mol. The zero-order chi connectivity index (χ0) is 24.6. The molecule has 2 fully saturated rings. The van der Waals surface area contributed by atoms with Gasteiger partial charge in [-0.05, 0) is 50.5 Å². The van der Waals surface area contributed by atoms with Crippen LogP contribution in [0.5, 0.6) is 0 Å². The van der Waals surface area contributed by atoms with Gasteiger partial charge in [0, 0.05) is 36.6 Å². The lowest BCUT2D eigenvalue weighted by atomic mass is 10.1. The molecule has 0 bridgehead atoms. The van der Waals surface area contributed by atoms with Crippen LogP contribution in [-0.2, 0) is 4.74 Å². The van der Waals surface area contributed by atoms with E-state index in [1.54, 1.807) is 23.1 Å². The molecule has 0 radical (unpaired) electrons. The fourth-order valence-electron chi connectivity index (χ4n) is 4.74. The predicted octanol–water partition coefficient (Wildman–Crippen LogP) is 3.74. The molecule has 10 nitrogen and oxygen atoms in total. The molecule has 36 heavy (non-hydrogen) atoms. The highest BCUT2D eigenvalue weighted by Gasteiger charge is 2.27. The minimum absolute atomic E-state index is 0.00886. The predicted molar refractivity (Wildman–Crippen MR) is 133 cm³/mol. The van der Waals surface area contributed by atoms with Crippen molar-refractivity contribution in [3.63, 3.8) is 0 Å². The lowest BCUT2D eigenvalue weighted by Crippen LogP contribution is -2.35. The van der Waals surface area contributed by atoms with Crippen molar-refractivity contribution >= 4 is 23.3 Å². The molecular weight excluding hydrogens is 458 g/mol. The molecule has 6 heterocycles. The Labute approximate surface area is 207 Å². The van der Waals surface area contributed by atoms with Crippen LogP contribution in [0.1, 0.15) is 35.4 Å². The Bertz CT molecular complexity index is 1460. The number of amides is 2. The number of hydrogen-bond acceptors (Lipinski definition) is 7. The molecule has 182 valence electrons. The van der Waals surface area contributed by atoms with Gasteiger partial charge in [0.1, 0.15) is 18.2 Å². The van der Waals surface area contributed by atoms with Gasteiger partial charge in [-0.25, -0.2) is 24.3 Å². The summed E-state index contributed by atoms with van der Waals surface area (Å²) in [4.78, 5) is 42.3. The molecule has 0 spiro atoms. The Morgan fingerprint density at radius 1 is 0.972 bits per heavy atom. The maximum atomic E-state index is 13.2. The van der Waals surface area contributed by atoms with Gasteiger partial charge in [0.25, 0.3) is 5.91 Å². The topological polar surface area (TPSA) is 106 Å². The van der Waals surface area contributed by atoms with Crippen molar-refractivity contribution in [2.45, 2.75) is 26.2 Å². The van der Waals surface area contributed by atoms with E-state index in [2.05, 4.69) is 15.1 Å². The second-order valence-corrected chi connectivity index (χ2v) is 9.00. The van der Waals surface area contributed by atoms with E-state index in [0.29, 0.717) is 36.1 Å². The number of rotatable bonds is 4. The number of nitrogens with zero attached hydrogens (tertiary/aromatic N) is 7. The van der Waals surface area contributed by atoms with Gasteiger partial charge in [-0.15, -0.1) is 0 Å². The van der Waals surface area contributed by atoms with Crippen LogP contribution in [0, 0.1) is 6.92 Å². The number of cyclic esters (lactones) is 1. The van der Waals surface area contributed by atoms with Gasteiger partial charge in [-0.3, -0.25) is 9.69 Å². The molecule has 0 N–H and O–H groups in total. The lowest BCUT2D eigenvalue weighted by Gasteiger charge is -2.26. The van der Waals surface area contributed by atoms with E-state index in [4.69, 9.17) is 9.72 Å². The summed E-state index contributed by atoms with van der Waals surface area (Å²) in [5.74, 6) is 1.14. The number of aromatic nitrogens is 5. The van der Waals surface area contributed by atoms with Gasteiger partial charge in [-0.1, -0.05) is 6.07 Å². The van der Waals surface area contributed by atoms with Crippen molar-refractivity contribution in [1.82, 2.24) is 29.5 Å². The molecule has 4 aromatic rings. The fraction of sp³-hybridized carbons (Fsp3) is 0.308. The van der Waals surface area contributed by atoms with E-state index in [-0.39, 0.29) is 5.91 Å². The number of hydrogen-bond donors (Lipinski definition) is 0. The van der Waals surface area contributed by atoms with Crippen LogP contribution < -0.4 is 4.90 Å². The summed E-state index contributed by atoms with van der Waals surface area (Å²) in [5.41, 5.74) is 4.24. The molecule has 0 aromatic carbocycles. The Hall–Kier alpha value is -4.34. The molecule has 6 rings (SSSR count). The molecular formula is C26H25N7O3. The minimum Gasteiger partial charge on any atom is -0.447 e. The first-order valence-electron chi connectivity index (χ1n) is 12.1. The number of fused-ring (bicyclic) bond motifs is 1. The molecule has 0 saturated carbocycles. The summed E-state index contributed by atoms with van der Waals surface area (Å²) < 4.78 is 6.92. The molecule has 2 aliphatic rings. The van der Waals surface area contributed by atoms with Crippen LogP contribution in [0.4, 0.5) is 10.6 Å². The quantitative estimate of drug-likeness (QED) is 0.435. The van der Waals surface area contributed by atoms with Crippen LogP contribution in [0.25, 0.3) is 28.0 Å². The number of aryl methyl sites for hydroxylation is 1. The summed E-state index contributed by atoms with van der Waals surface area (Å²) in [5, 5.41) is 4.59. The van der Waals surface area contributed by atoms with Crippen molar-refractivity contribution in [3.8, 4) is 22.5 Å². The number of ether oxygens (including phenoxy) is 1. The molecule has 0 unspecified atom stereocenters. The highest BCUT2D eigenvalue weighted by molar-refractivity contribution is 6.01. The Balaban J connectivity index is 1.47. The SMILES string of the molecule is Cc1ncc(-c2cc(-c3cccc4c(C(=O)N5CCCCC5)cnn34)cc(N3CCOC3=O)n2)cn1. The normalized spacial score (nSPS) is 16.0. The van der Waals surface area contributed by atoms with Crippen molar-refractivity contribution in [1.29, 1.82) is 0 Å². The van der Waals surface area contributed by atoms with Gasteiger partial charge in [0.05, 0.1) is 35.2 Å². The van der Waals surface area contributed by atoms with Gasteiger partial charge < -0.3 is 9.64 Å². The van der Waals surface area contributed by atoms with Gasteiger partial charge in [0.15, 0.2) is 0 Å². The molecule has 4 aromatic heterocycles. The third-order valence-corrected chi connectivity index (χ3v) is 6.64. The molecule has 2 amide bonds. The van der Waals surface area contributed by atoms with Gasteiger partial charge in [0.2, 0.25) is 0 Å². The third kappa shape index (κ3) is 3.94. The van der Waals surface area contributed by atoms with Crippen molar-refractivity contribution in [2.75, 3.05) is 31.1 Å². The first-order valence-corrected chi connectivity index (χ1v) is 12.1. The zero-order valence-corrected chi connectivity index (χ0v) is 19.9. The number of likely N-dealkylation sites (tertiary alicyclic amines) is 1. The van der Waals surface area contributed by atoms with E-state index in [1.807, 2.05) is 42.2 Å². The average molecular weight is 484 g/mol. The number of pyridine rings is 2. The molecule has 0 atom stereocenters. The van der Waals surface area contributed by atoms with Crippen LogP contribution >= 0.6 is 0 Å². The largest absolute Gasteiger partial charge is 0.447 e. The molecule has 0 aliphatic carbocycles. The van der Waals surface area contributed by atoms with Crippen LogP contribution in [0.15, 0.2) is 48.9 Å². The molecule has 2 saturated heterocycles. The first-order chi connectivity index (χ1) is 17.6. The highest BCUT2D eigenvalue weighted by atomic mass is 16.6. The molecule has 10 heteroatoms. The minimum atomic E-state index is -0.433. The van der Waals surface area contributed by atoms with Crippen molar-refractivity contribution < 1.29 is 14.3 Å². The maximum Gasteiger partial charge on any atom is 0.415 e. The second-order valence-electron chi connectivity index (χ2n) is 9.00. The standard InChI is InChI=1S/C26H25N7O3/c1-17-27-14-19(15-28-17)21-12-18(13-24(30-21)32-10-11-36-26(32)35)22-6-5-7-23-20(16-29-33(22)23)25(34)31-8-3-2-4-9-31/h5-7,12-16H,2-4,8-11H2,1H3. The van der Waals surface area contributed by atoms with Crippen LogP contribution in [0.3, 0.4) is 0 Å². The van der Waals surface area contributed by atoms with E-state index in [9.17, 15) is 9.59 Å². The molecule has 2 aliphatic heterocycles. The highest BCUT2D eigenvalue weighted by Crippen LogP contribution is 2.31. The number of anilines is 1. The van der Waals surface area contributed by atoms with E-state index in [0.717, 1.165) is 54.7 Å². The Morgan fingerprint density at radius 2 is 1.78 bits per heavy atom. The number of carbonyl (C=O) groups excluding carboxylic acids is 2. The summed E-state index contributed by atoms with van der Waals surface area (Å²) in [6.45, 7) is 4.10. The van der Waals surface area contributed by atoms with Crippen molar-refractivity contribution in [3.05, 3.63) is 60.3 Å². The number of carbonyl (C=O) groups is 2.